The van der Waals surface area contributed by atoms with Gasteiger partial charge in [0.25, 0.3) is 0 Å². The van der Waals surface area contributed by atoms with Gasteiger partial charge in [-0.3, -0.25) is 4.79 Å². The molecule has 0 unspecified atom stereocenters. The van der Waals surface area contributed by atoms with Gasteiger partial charge in [0, 0.05) is 39.1 Å². The standard InChI is InChI=1S/C23H19ClN6OS/c1-2-29-20-6-4-3-5-18(20)19-13-16(9-12-21(19)29)25-22(31)14-32-23-26-27-28-30(23)17-10-7-15(24)8-11-17/h3-13H,2,14H2,1H3,(H,25,31). The van der Waals surface area contributed by atoms with E-state index in [2.05, 4.69) is 50.5 Å². The lowest BCUT2D eigenvalue weighted by Gasteiger charge is -2.07. The zero-order chi connectivity index (χ0) is 22.1. The molecule has 160 valence electrons. The van der Waals surface area contributed by atoms with Crippen LogP contribution in [0.2, 0.25) is 5.02 Å². The van der Waals surface area contributed by atoms with Gasteiger partial charge in [-0.25, -0.2) is 0 Å². The second kappa shape index (κ2) is 8.64. The molecule has 5 aromatic rings. The predicted molar refractivity (Wildman–Crippen MR) is 129 cm³/mol. The van der Waals surface area contributed by atoms with Gasteiger partial charge in [-0.05, 0) is 65.9 Å². The molecule has 7 nitrogen and oxygen atoms in total. The molecule has 0 aliphatic carbocycles. The zero-order valence-electron chi connectivity index (χ0n) is 17.2. The van der Waals surface area contributed by atoms with Gasteiger partial charge in [0.2, 0.25) is 11.1 Å². The quantitative estimate of drug-likeness (QED) is 0.352. The number of aryl methyl sites for hydroxylation is 1. The molecule has 0 saturated carbocycles. The van der Waals surface area contributed by atoms with Crippen LogP contribution < -0.4 is 5.32 Å². The Hall–Kier alpha value is -3.36. The number of carbonyl (C=O) groups excluding carboxylic acids is 1. The van der Waals surface area contributed by atoms with Gasteiger partial charge in [0.05, 0.1) is 11.4 Å². The summed E-state index contributed by atoms with van der Waals surface area (Å²) in [4.78, 5) is 12.6. The number of hydrogen-bond donors (Lipinski definition) is 1. The van der Waals surface area contributed by atoms with Crippen LogP contribution in [0, 0.1) is 0 Å². The molecule has 0 atom stereocenters. The number of amides is 1. The van der Waals surface area contributed by atoms with Gasteiger partial charge < -0.3 is 9.88 Å². The third kappa shape index (κ3) is 3.83. The second-order valence-electron chi connectivity index (χ2n) is 7.18. The average Bonchev–Trinajstić information content (AvgIpc) is 3.40. The highest BCUT2D eigenvalue weighted by Crippen LogP contribution is 2.31. The number of anilines is 1. The Kier molecular flexibility index (Phi) is 5.55. The van der Waals surface area contributed by atoms with Crippen LogP contribution >= 0.6 is 23.4 Å². The summed E-state index contributed by atoms with van der Waals surface area (Å²) < 4.78 is 3.86. The molecule has 2 aromatic heterocycles. The zero-order valence-corrected chi connectivity index (χ0v) is 18.8. The van der Waals surface area contributed by atoms with E-state index in [1.54, 1.807) is 16.8 Å². The maximum absolute atomic E-state index is 12.6. The Balaban J connectivity index is 1.33. The number of tetrazole rings is 1. The van der Waals surface area contributed by atoms with E-state index in [1.165, 1.54) is 22.7 Å². The van der Waals surface area contributed by atoms with Gasteiger partial charge in [0.1, 0.15) is 0 Å². The highest BCUT2D eigenvalue weighted by atomic mass is 35.5. The summed E-state index contributed by atoms with van der Waals surface area (Å²) in [6.45, 7) is 3.02. The van der Waals surface area contributed by atoms with E-state index in [4.69, 9.17) is 11.6 Å². The van der Waals surface area contributed by atoms with Crippen LogP contribution in [-0.4, -0.2) is 36.4 Å². The molecule has 0 aliphatic heterocycles. The van der Waals surface area contributed by atoms with Crippen molar-refractivity contribution in [3.8, 4) is 5.69 Å². The summed E-state index contributed by atoms with van der Waals surface area (Å²) in [6, 6.07) is 21.5. The lowest BCUT2D eigenvalue weighted by Crippen LogP contribution is -2.14. The lowest BCUT2D eigenvalue weighted by atomic mass is 10.1. The number of carbonyl (C=O) groups is 1. The van der Waals surface area contributed by atoms with Crippen molar-refractivity contribution in [2.24, 2.45) is 0 Å². The van der Waals surface area contributed by atoms with Gasteiger partial charge in [-0.2, -0.15) is 4.68 Å². The largest absolute Gasteiger partial charge is 0.341 e. The molecular formula is C23H19ClN6OS. The fourth-order valence-electron chi connectivity index (χ4n) is 3.81. The highest BCUT2D eigenvalue weighted by molar-refractivity contribution is 7.99. The molecule has 0 fully saturated rings. The van der Waals surface area contributed by atoms with Gasteiger partial charge in [0.15, 0.2) is 0 Å². The van der Waals surface area contributed by atoms with E-state index >= 15 is 0 Å². The molecule has 0 aliphatic rings. The van der Waals surface area contributed by atoms with Crippen LogP contribution in [0.3, 0.4) is 0 Å². The monoisotopic (exact) mass is 462 g/mol. The molecule has 3 aromatic carbocycles. The first-order valence-electron chi connectivity index (χ1n) is 10.1. The number of rotatable bonds is 6. The maximum Gasteiger partial charge on any atom is 0.234 e. The van der Waals surface area contributed by atoms with Crippen LogP contribution in [0.25, 0.3) is 27.5 Å². The van der Waals surface area contributed by atoms with Crippen molar-refractivity contribution < 1.29 is 4.79 Å². The minimum absolute atomic E-state index is 0.126. The molecule has 2 heterocycles. The summed E-state index contributed by atoms with van der Waals surface area (Å²) in [5.41, 5.74) is 3.89. The molecule has 0 radical (unpaired) electrons. The van der Waals surface area contributed by atoms with E-state index in [-0.39, 0.29) is 11.7 Å². The first-order chi connectivity index (χ1) is 15.6. The molecule has 0 spiro atoms. The SMILES string of the molecule is CCn1c2ccccc2c2cc(NC(=O)CSc3nnnn3-c3ccc(Cl)cc3)ccc21. The van der Waals surface area contributed by atoms with Gasteiger partial charge >= 0.3 is 0 Å². The minimum atomic E-state index is -0.126. The number of thioether (sulfide) groups is 1. The van der Waals surface area contributed by atoms with E-state index in [0.717, 1.165) is 28.8 Å². The molecule has 5 rings (SSSR count). The number of nitrogens with one attached hydrogen (secondary N) is 1. The molecule has 9 heteroatoms. The summed E-state index contributed by atoms with van der Waals surface area (Å²) in [5.74, 6) is 0.0575. The Labute approximate surface area is 193 Å². The second-order valence-corrected chi connectivity index (χ2v) is 8.56. The molecule has 1 N–H and O–H groups in total. The Morgan fingerprint density at radius 2 is 1.81 bits per heavy atom. The summed E-state index contributed by atoms with van der Waals surface area (Å²) in [7, 11) is 0. The predicted octanol–water partition coefficient (Wildman–Crippen LogP) is 5.17. The third-order valence-corrected chi connectivity index (χ3v) is 6.39. The smallest absolute Gasteiger partial charge is 0.234 e. The van der Waals surface area contributed by atoms with Crippen molar-refractivity contribution >= 4 is 56.8 Å². The van der Waals surface area contributed by atoms with E-state index in [1.807, 2.05) is 36.4 Å². The molecule has 32 heavy (non-hydrogen) atoms. The van der Waals surface area contributed by atoms with Gasteiger partial charge in [-0.1, -0.05) is 41.6 Å². The number of benzene rings is 3. The number of para-hydroxylation sites is 1. The molecule has 0 saturated heterocycles. The lowest BCUT2D eigenvalue weighted by molar-refractivity contribution is -0.113. The normalized spacial score (nSPS) is 11.3. The maximum atomic E-state index is 12.6. The van der Waals surface area contributed by atoms with Crippen molar-refractivity contribution in [3.63, 3.8) is 0 Å². The summed E-state index contributed by atoms with van der Waals surface area (Å²) in [6.07, 6.45) is 0. The number of aromatic nitrogens is 5. The third-order valence-electron chi connectivity index (χ3n) is 5.22. The Morgan fingerprint density at radius 1 is 1.03 bits per heavy atom. The molecule has 0 bridgehead atoms. The van der Waals surface area contributed by atoms with Crippen molar-refractivity contribution in [2.45, 2.75) is 18.6 Å². The fourth-order valence-corrected chi connectivity index (χ4v) is 4.63. The summed E-state index contributed by atoms with van der Waals surface area (Å²) in [5, 5.41) is 18.2. The summed E-state index contributed by atoms with van der Waals surface area (Å²) >= 11 is 7.22. The average molecular weight is 463 g/mol. The number of nitrogens with zero attached hydrogens (tertiary/aromatic N) is 5. The van der Waals surface area contributed by atoms with Crippen LogP contribution in [0.4, 0.5) is 5.69 Å². The Morgan fingerprint density at radius 3 is 2.62 bits per heavy atom. The highest BCUT2D eigenvalue weighted by Gasteiger charge is 2.13. The van der Waals surface area contributed by atoms with Crippen LogP contribution in [0.15, 0.2) is 71.9 Å². The number of fused-ring (bicyclic) bond motifs is 3. The minimum Gasteiger partial charge on any atom is -0.341 e. The van der Waals surface area contributed by atoms with Crippen LogP contribution in [0.1, 0.15) is 6.92 Å². The number of hydrogen-bond acceptors (Lipinski definition) is 5. The van der Waals surface area contributed by atoms with E-state index in [0.29, 0.717) is 10.2 Å². The number of halogens is 1. The van der Waals surface area contributed by atoms with Crippen molar-refractivity contribution in [1.29, 1.82) is 0 Å². The van der Waals surface area contributed by atoms with E-state index in [9.17, 15) is 4.79 Å². The van der Waals surface area contributed by atoms with E-state index < -0.39 is 0 Å². The fraction of sp³-hybridized carbons (Fsp3) is 0.130. The van der Waals surface area contributed by atoms with Crippen LogP contribution in [-0.2, 0) is 11.3 Å². The van der Waals surface area contributed by atoms with Crippen LogP contribution in [0.5, 0.6) is 0 Å². The molecule has 1 amide bonds. The van der Waals surface area contributed by atoms with Gasteiger partial charge in [-0.15, -0.1) is 5.10 Å². The first kappa shape index (κ1) is 20.5. The van der Waals surface area contributed by atoms with Crippen molar-refractivity contribution in [3.05, 3.63) is 71.8 Å². The topological polar surface area (TPSA) is 77.6 Å². The van der Waals surface area contributed by atoms with Crippen molar-refractivity contribution in [2.75, 3.05) is 11.1 Å². The van der Waals surface area contributed by atoms with Crippen molar-refractivity contribution in [1.82, 2.24) is 24.8 Å². The first-order valence-corrected chi connectivity index (χ1v) is 11.5. The Bertz CT molecular complexity index is 1430. The molecular weight excluding hydrogens is 444 g/mol.